The number of carbonyl (C=O) groups is 1. The molecular formula is C14H9F2N3O5. The number of hydrogen-bond donors (Lipinski definition) is 1. The minimum Gasteiger partial charge on any atom is -0.322 e. The number of benzene rings is 2. The summed E-state index contributed by atoms with van der Waals surface area (Å²) in [5, 5.41) is 24.0. The highest BCUT2D eigenvalue weighted by Gasteiger charge is 2.24. The highest BCUT2D eigenvalue weighted by atomic mass is 19.3. The number of nitro groups is 2. The van der Waals surface area contributed by atoms with Crippen molar-refractivity contribution in [1.29, 1.82) is 0 Å². The Morgan fingerprint density at radius 2 is 1.62 bits per heavy atom. The first-order valence-electron chi connectivity index (χ1n) is 6.42. The van der Waals surface area contributed by atoms with Crippen molar-refractivity contribution in [2.24, 2.45) is 0 Å². The molecule has 0 fully saturated rings. The van der Waals surface area contributed by atoms with Gasteiger partial charge in [-0.05, 0) is 18.2 Å². The third kappa shape index (κ3) is 3.66. The lowest BCUT2D eigenvalue weighted by molar-refractivity contribution is -0.394. The molecule has 0 bridgehead atoms. The molecule has 0 saturated carbocycles. The van der Waals surface area contributed by atoms with Gasteiger partial charge in [0.25, 0.3) is 23.7 Å². The highest BCUT2D eigenvalue weighted by molar-refractivity contribution is 6.07. The Morgan fingerprint density at radius 1 is 1.00 bits per heavy atom. The van der Waals surface area contributed by atoms with E-state index in [0.29, 0.717) is 6.07 Å². The minimum atomic E-state index is -2.66. The summed E-state index contributed by atoms with van der Waals surface area (Å²) in [5.74, 6) is -0.888. The van der Waals surface area contributed by atoms with Crippen LogP contribution in [0.5, 0.6) is 0 Å². The average molecular weight is 337 g/mol. The van der Waals surface area contributed by atoms with Gasteiger partial charge in [-0.3, -0.25) is 25.0 Å². The number of halogens is 2. The Morgan fingerprint density at radius 3 is 2.12 bits per heavy atom. The fraction of sp³-hybridized carbons (Fsp3) is 0.0714. The van der Waals surface area contributed by atoms with E-state index >= 15 is 0 Å². The lowest BCUT2D eigenvalue weighted by Crippen LogP contribution is -2.14. The Bertz CT molecular complexity index is 809. The first kappa shape index (κ1) is 16.9. The van der Waals surface area contributed by atoms with E-state index in [9.17, 15) is 33.8 Å². The molecule has 24 heavy (non-hydrogen) atoms. The van der Waals surface area contributed by atoms with Crippen molar-refractivity contribution in [2.75, 3.05) is 5.32 Å². The number of alkyl halides is 2. The molecule has 0 aromatic heterocycles. The maximum Gasteiger partial charge on any atom is 0.289 e. The predicted molar refractivity (Wildman–Crippen MR) is 79.1 cm³/mol. The number of anilines is 1. The second kappa shape index (κ2) is 6.77. The number of hydrogen-bond acceptors (Lipinski definition) is 5. The zero-order valence-corrected chi connectivity index (χ0v) is 11.8. The number of rotatable bonds is 5. The molecule has 0 unspecified atom stereocenters. The van der Waals surface area contributed by atoms with Gasteiger partial charge in [-0.2, -0.15) is 0 Å². The smallest absolute Gasteiger partial charge is 0.289 e. The Balaban J connectivity index is 2.29. The molecule has 2 rings (SSSR count). The van der Waals surface area contributed by atoms with Crippen LogP contribution in [0.1, 0.15) is 22.3 Å². The quantitative estimate of drug-likeness (QED) is 0.660. The summed E-state index contributed by atoms with van der Waals surface area (Å²) in [4.78, 5) is 32.0. The van der Waals surface area contributed by atoms with Gasteiger partial charge in [0.2, 0.25) is 0 Å². The van der Waals surface area contributed by atoms with E-state index in [-0.39, 0.29) is 16.8 Å². The fourth-order valence-corrected chi connectivity index (χ4v) is 1.89. The summed E-state index contributed by atoms with van der Waals surface area (Å²) in [6, 6.07) is 7.23. The van der Waals surface area contributed by atoms with Gasteiger partial charge in [-0.15, -0.1) is 0 Å². The molecule has 8 nitrogen and oxygen atoms in total. The van der Waals surface area contributed by atoms with Crippen molar-refractivity contribution in [2.45, 2.75) is 6.43 Å². The summed E-state index contributed by atoms with van der Waals surface area (Å²) in [6.07, 6.45) is -2.66. The maximum absolute atomic E-state index is 12.5. The van der Waals surface area contributed by atoms with Crippen molar-refractivity contribution < 1.29 is 23.4 Å². The van der Waals surface area contributed by atoms with Crippen molar-refractivity contribution in [3.05, 3.63) is 73.8 Å². The summed E-state index contributed by atoms with van der Waals surface area (Å²) < 4.78 is 24.9. The number of nitrogens with one attached hydrogen (secondary N) is 1. The van der Waals surface area contributed by atoms with Crippen LogP contribution in [0.4, 0.5) is 25.8 Å². The average Bonchev–Trinajstić information content (AvgIpc) is 2.54. The molecule has 1 amide bonds. The maximum atomic E-state index is 12.5. The molecule has 0 spiro atoms. The third-order valence-electron chi connectivity index (χ3n) is 3.05. The van der Waals surface area contributed by atoms with Gasteiger partial charge >= 0.3 is 0 Å². The van der Waals surface area contributed by atoms with E-state index in [0.717, 1.165) is 24.3 Å². The van der Waals surface area contributed by atoms with Crippen LogP contribution in [0, 0.1) is 20.2 Å². The van der Waals surface area contributed by atoms with Gasteiger partial charge in [0.1, 0.15) is 5.56 Å². The van der Waals surface area contributed by atoms with Crippen LogP contribution in [-0.2, 0) is 0 Å². The van der Waals surface area contributed by atoms with E-state index in [1.807, 2.05) is 0 Å². The molecule has 124 valence electrons. The first-order chi connectivity index (χ1) is 11.3. The molecule has 2 aromatic rings. The summed E-state index contributed by atoms with van der Waals surface area (Å²) in [6.45, 7) is 0. The lowest BCUT2D eigenvalue weighted by atomic mass is 10.1. The normalized spacial score (nSPS) is 10.5. The number of amides is 1. The second-order valence-electron chi connectivity index (χ2n) is 4.59. The molecule has 0 saturated heterocycles. The third-order valence-corrected chi connectivity index (χ3v) is 3.05. The highest BCUT2D eigenvalue weighted by Crippen LogP contribution is 2.26. The van der Waals surface area contributed by atoms with Gasteiger partial charge in [0.15, 0.2) is 0 Å². The molecule has 0 atom stereocenters. The molecule has 0 aliphatic carbocycles. The molecule has 0 aliphatic heterocycles. The zero-order chi connectivity index (χ0) is 17.9. The Labute approximate surface area is 133 Å². The Kier molecular flexibility index (Phi) is 4.78. The number of nitro benzene ring substituents is 2. The Hall–Kier alpha value is -3.43. The zero-order valence-electron chi connectivity index (χ0n) is 11.8. The van der Waals surface area contributed by atoms with E-state index < -0.39 is 33.6 Å². The summed E-state index contributed by atoms with van der Waals surface area (Å²) in [7, 11) is 0. The molecule has 0 heterocycles. The molecule has 0 aliphatic rings. The van der Waals surface area contributed by atoms with Crippen LogP contribution >= 0.6 is 0 Å². The number of carbonyl (C=O) groups excluding carboxylic acids is 1. The molecule has 0 radical (unpaired) electrons. The van der Waals surface area contributed by atoms with Crippen molar-refractivity contribution >= 4 is 23.0 Å². The SMILES string of the molecule is O=C(Nc1ccc(C(F)F)cc1)c1ccc([N+](=O)[O-])cc1[N+](=O)[O-]. The lowest BCUT2D eigenvalue weighted by Gasteiger charge is -2.07. The monoisotopic (exact) mass is 337 g/mol. The standard InChI is InChI=1S/C14H9F2N3O5/c15-13(16)8-1-3-9(4-2-8)17-14(20)11-6-5-10(18(21)22)7-12(11)19(23)24/h1-7,13H,(H,17,20). The van der Waals surface area contributed by atoms with Crippen LogP contribution in [-0.4, -0.2) is 15.8 Å². The molecular weight excluding hydrogens is 328 g/mol. The van der Waals surface area contributed by atoms with Gasteiger partial charge < -0.3 is 5.32 Å². The van der Waals surface area contributed by atoms with E-state index in [1.54, 1.807) is 0 Å². The van der Waals surface area contributed by atoms with E-state index in [1.165, 1.54) is 12.1 Å². The predicted octanol–water partition coefficient (Wildman–Crippen LogP) is 3.69. The first-order valence-corrected chi connectivity index (χ1v) is 6.42. The fourth-order valence-electron chi connectivity index (χ4n) is 1.89. The van der Waals surface area contributed by atoms with Gasteiger partial charge in [-0.1, -0.05) is 12.1 Å². The van der Waals surface area contributed by atoms with Crippen LogP contribution in [0.15, 0.2) is 42.5 Å². The van der Waals surface area contributed by atoms with Gasteiger partial charge in [-0.25, -0.2) is 8.78 Å². The van der Waals surface area contributed by atoms with E-state index in [4.69, 9.17) is 0 Å². The second-order valence-corrected chi connectivity index (χ2v) is 4.59. The largest absolute Gasteiger partial charge is 0.322 e. The molecule has 2 aromatic carbocycles. The van der Waals surface area contributed by atoms with Crippen molar-refractivity contribution in [3.63, 3.8) is 0 Å². The topological polar surface area (TPSA) is 115 Å². The van der Waals surface area contributed by atoms with Gasteiger partial charge in [0, 0.05) is 17.3 Å². The summed E-state index contributed by atoms with van der Waals surface area (Å²) in [5.41, 5.74) is -1.74. The van der Waals surface area contributed by atoms with Crippen LogP contribution < -0.4 is 5.32 Å². The van der Waals surface area contributed by atoms with Gasteiger partial charge in [0.05, 0.1) is 15.9 Å². The minimum absolute atomic E-state index is 0.150. The van der Waals surface area contributed by atoms with Crippen LogP contribution in [0.25, 0.3) is 0 Å². The molecule has 1 N–H and O–H groups in total. The number of nitrogens with zero attached hydrogens (tertiary/aromatic N) is 2. The van der Waals surface area contributed by atoms with Crippen molar-refractivity contribution in [1.82, 2.24) is 0 Å². The molecule has 10 heteroatoms. The number of non-ortho nitro benzene ring substituents is 1. The van der Waals surface area contributed by atoms with Crippen LogP contribution in [0.3, 0.4) is 0 Å². The summed E-state index contributed by atoms with van der Waals surface area (Å²) >= 11 is 0. The van der Waals surface area contributed by atoms with Crippen molar-refractivity contribution in [3.8, 4) is 0 Å². The van der Waals surface area contributed by atoms with Crippen LogP contribution in [0.2, 0.25) is 0 Å². The van der Waals surface area contributed by atoms with E-state index in [2.05, 4.69) is 5.32 Å².